The molecule has 0 aromatic heterocycles. The molecule has 0 heterocycles. The first-order valence-electron chi connectivity index (χ1n) is 7.06. The third-order valence-electron chi connectivity index (χ3n) is 3.02. The molecule has 0 aliphatic heterocycles. The number of amides is 2. The number of para-hydroxylation sites is 1. The van der Waals surface area contributed by atoms with Gasteiger partial charge in [-0.3, -0.25) is 0 Å². The molecule has 2 aromatic carbocycles. The minimum absolute atomic E-state index is 0.00420. The first-order valence-corrected chi connectivity index (χ1v) is 7.82. The van der Waals surface area contributed by atoms with Crippen LogP contribution in [0.5, 0.6) is 5.75 Å². The molecule has 134 valence electrons. The molecule has 0 aliphatic rings. The highest BCUT2D eigenvalue weighted by atomic mass is 35.5. The molecule has 0 saturated heterocycles. The van der Waals surface area contributed by atoms with Gasteiger partial charge in [-0.25, -0.2) is 4.79 Å². The second kappa shape index (κ2) is 8.31. The molecule has 0 saturated carbocycles. The van der Waals surface area contributed by atoms with Gasteiger partial charge in [-0.05, 0) is 30.3 Å². The van der Waals surface area contributed by atoms with Crippen molar-refractivity contribution >= 4 is 34.9 Å². The van der Waals surface area contributed by atoms with Gasteiger partial charge in [-0.2, -0.15) is 13.2 Å². The van der Waals surface area contributed by atoms with Crippen molar-refractivity contribution in [3.05, 3.63) is 58.1 Å². The quantitative estimate of drug-likeness (QED) is 0.685. The van der Waals surface area contributed by atoms with E-state index in [2.05, 4.69) is 10.6 Å². The lowest BCUT2D eigenvalue weighted by atomic mass is 10.2. The SMILES string of the molecule is O=C(NCCOc1ccccc1Cl)Nc1cc(C(F)(F)F)ccc1Cl. The van der Waals surface area contributed by atoms with Gasteiger partial charge in [0.2, 0.25) is 0 Å². The molecule has 2 rings (SSSR count). The number of nitrogens with one attached hydrogen (secondary N) is 2. The Hall–Kier alpha value is -2.12. The van der Waals surface area contributed by atoms with Crippen LogP contribution in [0.15, 0.2) is 42.5 Å². The number of carbonyl (C=O) groups excluding carboxylic acids is 1. The summed E-state index contributed by atoms with van der Waals surface area (Å²) in [4.78, 5) is 11.8. The fourth-order valence-corrected chi connectivity index (χ4v) is 2.21. The summed E-state index contributed by atoms with van der Waals surface area (Å²) in [5, 5.41) is 5.15. The van der Waals surface area contributed by atoms with Gasteiger partial charge in [0.05, 0.1) is 27.8 Å². The Bertz CT molecular complexity index is 754. The van der Waals surface area contributed by atoms with Crippen LogP contribution in [-0.4, -0.2) is 19.2 Å². The predicted molar refractivity (Wildman–Crippen MR) is 90.4 cm³/mol. The van der Waals surface area contributed by atoms with E-state index in [1.54, 1.807) is 24.3 Å². The third-order valence-corrected chi connectivity index (χ3v) is 3.67. The number of hydrogen-bond acceptors (Lipinski definition) is 2. The average molecular weight is 393 g/mol. The number of anilines is 1. The maximum atomic E-state index is 12.7. The Morgan fingerprint density at radius 2 is 1.80 bits per heavy atom. The molecule has 2 amide bonds. The fourth-order valence-electron chi connectivity index (χ4n) is 1.85. The third kappa shape index (κ3) is 5.72. The van der Waals surface area contributed by atoms with Gasteiger partial charge in [0, 0.05) is 0 Å². The highest BCUT2D eigenvalue weighted by Gasteiger charge is 2.31. The fraction of sp³-hybridized carbons (Fsp3) is 0.188. The van der Waals surface area contributed by atoms with Gasteiger partial charge < -0.3 is 15.4 Å². The number of carbonyl (C=O) groups is 1. The van der Waals surface area contributed by atoms with Crippen molar-refractivity contribution in [3.63, 3.8) is 0 Å². The van der Waals surface area contributed by atoms with E-state index >= 15 is 0 Å². The number of halogens is 5. The van der Waals surface area contributed by atoms with E-state index in [1.165, 1.54) is 0 Å². The van der Waals surface area contributed by atoms with E-state index in [1.807, 2.05) is 0 Å². The Labute approximate surface area is 151 Å². The van der Waals surface area contributed by atoms with Crippen molar-refractivity contribution in [1.29, 1.82) is 0 Å². The van der Waals surface area contributed by atoms with Gasteiger partial charge in [0.1, 0.15) is 12.4 Å². The highest BCUT2D eigenvalue weighted by molar-refractivity contribution is 6.33. The topological polar surface area (TPSA) is 50.4 Å². The van der Waals surface area contributed by atoms with E-state index in [-0.39, 0.29) is 23.9 Å². The van der Waals surface area contributed by atoms with Crippen LogP contribution in [0.1, 0.15) is 5.56 Å². The zero-order valence-electron chi connectivity index (χ0n) is 12.7. The van der Waals surface area contributed by atoms with Crippen LogP contribution in [0.25, 0.3) is 0 Å². The molecular weight excluding hydrogens is 380 g/mol. The lowest BCUT2D eigenvalue weighted by molar-refractivity contribution is -0.137. The highest BCUT2D eigenvalue weighted by Crippen LogP contribution is 2.33. The number of hydrogen-bond donors (Lipinski definition) is 2. The summed E-state index contributed by atoms with van der Waals surface area (Å²) in [5.41, 5.74) is -1.05. The zero-order chi connectivity index (χ0) is 18.4. The van der Waals surface area contributed by atoms with Crippen molar-refractivity contribution in [2.45, 2.75) is 6.18 Å². The lowest BCUT2D eigenvalue weighted by Crippen LogP contribution is -2.32. The standard InChI is InChI=1S/C16H13Cl2F3N2O2/c17-11-6-5-10(16(19,20)21)9-13(11)23-15(24)22-7-8-25-14-4-2-1-3-12(14)18/h1-6,9H,7-8H2,(H2,22,23,24). The van der Waals surface area contributed by atoms with E-state index < -0.39 is 17.8 Å². The maximum absolute atomic E-state index is 12.7. The van der Waals surface area contributed by atoms with Gasteiger partial charge in [-0.15, -0.1) is 0 Å². The maximum Gasteiger partial charge on any atom is 0.416 e. The van der Waals surface area contributed by atoms with Crippen molar-refractivity contribution < 1.29 is 22.7 Å². The van der Waals surface area contributed by atoms with Crippen LogP contribution < -0.4 is 15.4 Å². The lowest BCUT2D eigenvalue weighted by Gasteiger charge is -2.13. The van der Waals surface area contributed by atoms with E-state index in [0.29, 0.717) is 10.8 Å². The minimum atomic E-state index is -4.53. The summed E-state index contributed by atoms with van der Waals surface area (Å²) >= 11 is 11.7. The van der Waals surface area contributed by atoms with Crippen molar-refractivity contribution in [3.8, 4) is 5.75 Å². The zero-order valence-corrected chi connectivity index (χ0v) is 14.2. The number of benzene rings is 2. The number of urea groups is 1. The normalized spacial score (nSPS) is 11.1. The van der Waals surface area contributed by atoms with Crippen LogP contribution in [0.2, 0.25) is 10.0 Å². The molecule has 0 spiro atoms. The molecule has 2 aromatic rings. The molecule has 2 N–H and O–H groups in total. The Balaban J connectivity index is 1.85. The van der Waals surface area contributed by atoms with E-state index in [0.717, 1.165) is 18.2 Å². The average Bonchev–Trinajstić information content (AvgIpc) is 2.54. The number of ether oxygens (including phenoxy) is 1. The minimum Gasteiger partial charge on any atom is -0.490 e. The number of rotatable bonds is 5. The second-order valence-electron chi connectivity index (χ2n) is 4.85. The molecule has 0 fully saturated rings. The predicted octanol–water partition coefficient (Wildman–Crippen LogP) is 5.21. The van der Waals surface area contributed by atoms with E-state index in [4.69, 9.17) is 27.9 Å². The monoisotopic (exact) mass is 392 g/mol. The van der Waals surface area contributed by atoms with E-state index in [9.17, 15) is 18.0 Å². The van der Waals surface area contributed by atoms with Crippen LogP contribution in [0, 0.1) is 0 Å². The summed E-state index contributed by atoms with van der Waals surface area (Å²) < 4.78 is 43.4. The Morgan fingerprint density at radius 1 is 1.08 bits per heavy atom. The first-order chi connectivity index (χ1) is 11.8. The summed E-state index contributed by atoms with van der Waals surface area (Å²) in [6.07, 6.45) is -4.53. The molecule has 0 unspecified atom stereocenters. The van der Waals surface area contributed by atoms with Crippen LogP contribution >= 0.6 is 23.2 Å². The van der Waals surface area contributed by atoms with Gasteiger partial charge in [0.15, 0.2) is 0 Å². The molecule has 25 heavy (non-hydrogen) atoms. The Morgan fingerprint density at radius 3 is 2.48 bits per heavy atom. The van der Waals surface area contributed by atoms with Crippen LogP contribution in [0.4, 0.5) is 23.7 Å². The van der Waals surface area contributed by atoms with Crippen molar-refractivity contribution in [2.75, 3.05) is 18.5 Å². The largest absolute Gasteiger partial charge is 0.490 e. The van der Waals surface area contributed by atoms with Crippen molar-refractivity contribution in [1.82, 2.24) is 5.32 Å². The van der Waals surface area contributed by atoms with Gasteiger partial charge in [0.25, 0.3) is 0 Å². The summed E-state index contributed by atoms with van der Waals surface area (Å²) in [6.45, 7) is 0.251. The number of alkyl halides is 3. The first kappa shape index (κ1) is 19.2. The summed E-state index contributed by atoms with van der Waals surface area (Å²) in [6, 6.07) is 8.80. The summed E-state index contributed by atoms with van der Waals surface area (Å²) in [7, 11) is 0. The van der Waals surface area contributed by atoms with Gasteiger partial charge in [-0.1, -0.05) is 35.3 Å². The van der Waals surface area contributed by atoms with Crippen LogP contribution in [0.3, 0.4) is 0 Å². The molecule has 9 heteroatoms. The molecule has 0 aliphatic carbocycles. The van der Waals surface area contributed by atoms with Crippen molar-refractivity contribution in [2.24, 2.45) is 0 Å². The molecule has 0 radical (unpaired) electrons. The second-order valence-corrected chi connectivity index (χ2v) is 5.67. The Kier molecular flexibility index (Phi) is 6.39. The molecule has 0 atom stereocenters. The molecular formula is C16H13Cl2F3N2O2. The van der Waals surface area contributed by atoms with Crippen LogP contribution in [-0.2, 0) is 6.18 Å². The smallest absolute Gasteiger partial charge is 0.416 e. The molecule has 4 nitrogen and oxygen atoms in total. The summed E-state index contributed by atoms with van der Waals surface area (Å²) in [5.74, 6) is 0.465. The molecule has 0 bridgehead atoms. The van der Waals surface area contributed by atoms with Gasteiger partial charge >= 0.3 is 12.2 Å².